The van der Waals surface area contributed by atoms with Gasteiger partial charge in [0.15, 0.2) is 6.61 Å². The van der Waals surface area contributed by atoms with Gasteiger partial charge in [-0.3, -0.25) is 9.59 Å². The van der Waals surface area contributed by atoms with Gasteiger partial charge in [0.05, 0.1) is 0 Å². The van der Waals surface area contributed by atoms with Crippen LogP contribution in [0.3, 0.4) is 0 Å². The Bertz CT molecular complexity index is 657. The lowest BCUT2D eigenvalue weighted by atomic mass is 9.76. The Balaban J connectivity index is 2.11. The number of carbonyl (C=O) groups is 2. The highest BCUT2D eigenvalue weighted by molar-refractivity contribution is 6.08. The highest BCUT2D eigenvalue weighted by Crippen LogP contribution is 2.35. The van der Waals surface area contributed by atoms with Gasteiger partial charge >= 0.3 is 12.1 Å². The van der Waals surface area contributed by atoms with Crippen LogP contribution in [0.15, 0.2) is 36.4 Å². The number of carboxylic acids is 1. The van der Waals surface area contributed by atoms with Crippen LogP contribution in [0, 0.1) is 5.41 Å². The highest BCUT2D eigenvalue weighted by atomic mass is 19.4. The highest BCUT2D eigenvalue weighted by Gasteiger charge is 2.45. The first-order valence-electron chi connectivity index (χ1n) is 7.22. The lowest BCUT2D eigenvalue weighted by Gasteiger charge is -2.29. The number of benzene rings is 1. The van der Waals surface area contributed by atoms with Crippen LogP contribution in [0.5, 0.6) is 5.75 Å². The van der Waals surface area contributed by atoms with Crippen molar-refractivity contribution in [3.8, 4) is 5.75 Å². The maximum atomic E-state index is 12.4. The van der Waals surface area contributed by atoms with Crippen LogP contribution >= 0.6 is 0 Å². The van der Waals surface area contributed by atoms with Crippen LogP contribution in [0.1, 0.15) is 19.3 Å². The first kappa shape index (κ1) is 17.8. The van der Waals surface area contributed by atoms with Gasteiger partial charge in [0.25, 0.3) is 0 Å². The van der Waals surface area contributed by atoms with Crippen molar-refractivity contribution >= 4 is 17.6 Å². The minimum atomic E-state index is -4.47. The number of nitrogens with one attached hydrogen (secondary N) is 1. The summed E-state index contributed by atoms with van der Waals surface area (Å²) in [5.74, 6) is -2.00. The molecule has 1 unspecified atom stereocenters. The third-order valence-electron chi connectivity index (χ3n) is 3.71. The molecule has 1 aliphatic carbocycles. The van der Waals surface area contributed by atoms with E-state index in [0.717, 1.165) is 0 Å². The van der Waals surface area contributed by atoms with Gasteiger partial charge in [0.1, 0.15) is 11.2 Å². The first-order valence-corrected chi connectivity index (χ1v) is 7.22. The number of ether oxygens (including phenoxy) is 1. The summed E-state index contributed by atoms with van der Waals surface area (Å²) in [6, 6.07) is 5.40. The minimum Gasteiger partial charge on any atom is -0.484 e. The average Bonchev–Trinajstić information content (AvgIpc) is 2.53. The van der Waals surface area contributed by atoms with Crippen molar-refractivity contribution < 1.29 is 32.6 Å². The molecule has 1 atom stereocenters. The van der Waals surface area contributed by atoms with Gasteiger partial charge < -0.3 is 15.2 Å². The zero-order chi connectivity index (χ0) is 17.8. The molecule has 1 aliphatic rings. The second-order valence-electron chi connectivity index (χ2n) is 5.49. The lowest BCUT2D eigenvalue weighted by molar-refractivity contribution is -0.155. The predicted octanol–water partition coefficient (Wildman–Crippen LogP) is 3.38. The molecule has 8 heteroatoms. The van der Waals surface area contributed by atoms with Crippen LogP contribution in [0.2, 0.25) is 0 Å². The first-order chi connectivity index (χ1) is 11.2. The van der Waals surface area contributed by atoms with Crippen molar-refractivity contribution in [1.82, 2.24) is 0 Å². The molecular formula is C16H16F3NO4. The lowest BCUT2D eigenvalue weighted by Crippen LogP contribution is -2.43. The molecule has 0 aliphatic heterocycles. The fourth-order valence-electron chi connectivity index (χ4n) is 2.41. The number of anilines is 1. The molecule has 2 rings (SSSR count). The summed E-state index contributed by atoms with van der Waals surface area (Å²) in [5, 5.41) is 11.9. The molecule has 1 amide bonds. The number of carbonyl (C=O) groups excluding carboxylic acids is 1. The standard InChI is InChI=1S/C16H16F3NO4/c17-16(18,19)10-24-12-6-4-5-11(9-12)20-13(21)15(14(22)23)7-2-1-3-8-15/h1-2,4-6,9H,3,7-8,10H2,(H,20,21)(H,22,23). The Hall–Kier alpha value is -2.51. The van der Waals surface area contributed by atoms with E-state index in [2.05, 4.69) is 10.1 Å². The molecule has 1 aromatic rings. The molecular weight excluding hydrogens is 327 g/mol. The van der Waals surface area contributed by atoms with Gasteiger partial charge in [-0.25, -0.2) is 0 Å². The van der Waals surface area contributed by atoms with Crippen LogP contribution in [-0.2, 0) is 9.59 Å². The molecule has 2 N–H and O–H groups in total. The van der Waals surface area contributed by atoms with Crippen LogP contribution < -0.4 is 10.1 Å². The number of allylic oxidation sites excluding steroid dienone is 2. The van der Waals surface area contributed by atoms with Crippen molar-refractivity contribution in [2.24, 2.45) is 5.41 Å². The molecule has 0 saturated carbocycles. The predicted molar refractivity (Wildman–Crippen MR) is 79.7 cm³/mol. The van der Waals surface area contributed by atoms with Gasteiger partial charge in [-0.15, -0.1) is 0 Å². The summed E-state index contributed by atoms with van der Waals surface area (Å²) >= 11 is 0. The number of hydrogen-bond acceptors (Lipinski definition) is 3. The van der Waals surface area contributed by atoms with E-state index >= 15 is 0 Å². The van der Waals surface area contributed by atoms with Gasteiger partial charge in [-0.2, -0.15) is 13.2 Å². The number of halogens is 3. The Morgan fingerprint density at radius 1 is 1.29 bits per heavy atom. The minimum absolute atomic E-state index is 0.0679. The number of rotatable bonds is 5. The second-order valence-corrected chi connectivity index (χ2v) is 5.49. The Labute approximate surface area is 136 Å². The fourth-order valence-corrected chi connectivity index (χ4v) is 2.41. The van der Waals surface area contributed by atoms with Gasteiger partial charge in [0, 0.05) is 11.8 Å². The van der Waals surface area contributed by atoms with Gasteiger partial charge in [-0.05, 0) is 31.4 Å². The monoisotopic (exact) mass is 343 g/mol. The molecule has 24 heavy (non-hydrogen) atoms. The SMILES string of the molecule is O=C(O)C1(C(=O)Nc2cccc(OCC(F)(F)F)c2)CC=CCC1. The van der Waals surface area contributed by atoms with E-state index in [1.165, 1.54) is 24.3 Å². The second kappa shape index (κ2) is 6.94. The van der Waals surface area contributed by atoms with Crippen molar-refractivity contribution in [3.63, 3.8) is 0 Å². The maximum Gasteiger partial charge on any atom is 0.422 e. The van der Waals surface area contributed by atoms with E-state index in [0.29, 0.717) is 6.42 Å². The summed E-state index contributed by atoms with van der Waals surface area (Å²) in [5.41, 5.74) is -1.40. The number of hydrogen-bond donors (Lipinski definition) is 2. The van der Waals surface area contributed by atoms with Crippen molar-refractivity contribution in [2.45, 2.75) is 25.4 Å². The molecule has 0 aromatic heterocycles. The largest absolute Gasteiger partial charge is 0.484 e. The molecule has 1 aromatic carbocycles. The zero-order valence-electron chi connectivity index (χ0n) is 12.6. The summed E-state index contributed by atoms with van der Waals surface area (Å²) in [6.07, 6.45) is -0.330. The van der Waals surface area contributed by atoms with Crippen LogP contribution in [0.4, 0.5) is 18.9 Å². The van der Waals surface area contributed by atoms with E-state index in [-0.39, 0.29) is 24.3 Å². The smallest absolute Gasteiger partial charge is 0.422 e. The Morgan fingerprint density at radius 2 is 2.04 bits per heavy atom. The van der Waals surface area contributed by atoms with E-state index < -0.39 is 30.1 Å². The normalized spacial score (nSPS) is 20.5. The molecule has 0 fully saturated rings. The summed E-state index contributed by atoms with van der Waals surface area (Å²) in [7, 11) is 0. The molecule has 0 heterocycles. The van der Waals surface area contributed by atoms with Crippen molar-refractivity contribution in [2.75, 3.05) is 11.9 Å². The molecule has 0 bridgehead atoms. The maximum absolute atomic E-state index is 12.4. The zero-order valence-corrected chi connectivity index (χ0v) is 12.6. The number of aliphatic carboxylic acids is 1. The summed E-state index contributed by atoms with van der Waals surface area (Å²) < 4.78 is 41.1. The van der Waals surface area contributed by atoms with E-state index in [4.69, 9.17) is 0 Å². The fraction of sp³-hybridized carbons (Fsp3) is 0.375. The van der Waals surface area contributed by atoms with E-state index in [1.807, 2.05) is 0 Å². The van der Waals surface area contributed by atoms with Crippen molar-refractivity contribution in [3.05, 3.63) is 36.4 Å². The van der Waals surface area contributed by atoms with Crippen molar-refractivity contribution in [1.29, 1.82) is 0 Å². The Morgan fingerprint density at radius 3 is 2.62 bits per heavy atom. The molecule has 130 valence electrons. The summed E-state index contributed by atoms with van der Waals surface area (Å²) in [6.45, 7) is -1.45. The molecule has 0 saturated heterocycles. The third kappa shape index (κ3) is 4.27. The molecule has 0 spiro atoms. The van der Waals surface area contributed by atoms with E-state index in [1.54, 1.807) is 12.2 Å². The summed E-state index contributed by atoms with van der Waals surface area (Å²) in [4.78, 5) is 24.0. The number of alkyl halides is 3. The van der Waals surface area contributed by atoms with Crippen LogP contribution in [0.25, 0.3) is 0 Å². The number of carboxylic acid groups (broad SMARTS) is 1. The van der Waals surface area contributed by atoms with Crippen LogP contribution in [-0.4, -0.2) is 29.8 Å². The van der Waals surface area contributed by atoms with E-state index in [9.17, 15) is 27.9 Å². The third-order valence-corrected chi connectivity index (χ3v) is 3.71. The number of amides is 1. The molecule has 5 nitrogen and oxygen atoms in total. The average molecular weight is 343 g/mol. The Kier molecular flexibility index (Phi) is 5.16. The van der Waals surface area contributed by atoms with Gasteiger partial charge in [0.2, 0.25) is 5.91 Å². The van der Waals surface area contributed by atoms with Gasteiger partial charge in [-0.1, -0.05) is 18.2 Å². The topological polar surface area (TPSA) is 75.6 Å². The quantitative estimate of drug-likeness (QED) is 0.635. The molecule has 0 radical (unpaired) electrons.